The fraction of sp³-hybridized carbons (Fsp3) is 0.818. The first-order chi connectivity index (χ1) is 7.69. The number of nitro groups is 1. The summed E-state index contributed by atoms with van der Waals surface area (Å²) < 4.78 is 0. The first kappa shape index (κ1) is 12.4. The number of nitrogens with zero attached hydrogens (tertiary/aromatic N) is 3. The van der Waals surface area contributed by atoms with Gasteiger partial charge in [-0.1, -0.05) is 19.3 Å². The average Bonchev–Trinajstić information content (AvgIpc) is 2.30. The SMILES string of the molecule is N#CC(C#N)[C@@H](C[N+](=O)[O-])C1CCCCC1. The molecule has 1 atom stereocenters. The Hall–Kier alpha value is -1.62. The molecule has 5 heteroatoms. The predicted molar refractivity (Wildman–Crippen MR) is 56.6 cm³/mol. The molecule has 1 fully saturated rings. The summed E-state index contributed by atoms with van der Waals surface area (Å²) in [5.74, 6) is -1.07. The molecule has 0 N–H and O–H groups in total. The van der Waals surface area contributed by atoms with Crippen LogP contribution in [0.3, 0.4) is 0 Å². The summed E-state index contributed by atoms with van der Waals surface area (Å²) in [4.78, 5) is 10.2. The number of rotatable bonds is 4. The lowest BCUT2D eigenvalue weighted by Gasteiger charge is -2.28. The maximum Gasteiger partial charge on any atom is 0.209 e. The van der Waals surface area contributed by atoms with Gasteiger partial charge in [-0.25, -0.2) is 0 Å². The van der Waals surface area contributed by atoms with Gasteiger partial charge in [0.25, 0.3) is 0 Å². The van der Waals surface area contributed by atoms with Crippen molar-refractivity contribution >= 4 is 0 Å². The van der Waals surface area contributed by atoms with E-state index in [2.05, 4.69) is 0 Å². The summed E-state index contributed by atoms with van der Waals surface area (Å²) >= 11 is 0. The Balaban J connectivity index is 2.73. The molecule has 0 unspecified atom stereocenters. The van der Waals surface area contributed by atoms with Gasteiger partial charge in [0.15, 0.2) is 0 Å². The third-order valence-electron chi connectivity index (χ3n) is 3.32. The summed E-state index contributed by atoms with van der Waals surface area (Å²) in [5.41, 5.74) is 0. The molecule has 0 heterocycles. The average molecular weight is 221 g/mol. The van der Waals surface area contributed by atoms with Crippen LogP contribution in [0.15, 0.2) is 0 Å². The molecule has 1 saturated carbocycles. The smallest absolute Gasteiger partial charge is 0.209 e. The van der Waals surface area contributed by atoms with Crippen molar-refractivity contribution in [2.75, 3.05) is 6.54 Å². The molecule has 1 rings (SSSR count). The van der Waals surface area contributed by atoms with Gasteiger partial charge in [0, 0.05) is 4.92 Å². The molecule has 0 aromatic heterocycles. The molecule has 0 amide bonds. The van der Waals surface area contributed by atoms with Gasteiger partial charge in [-0.05, 0) is 18.8 Å². The third kappa shape index (κ3) is 3.20. The molecule has 5 nitrogen and oxygen atoms in total. The Bertz CT molecular complexity index is 309. The van der Waals surface area contributed by atoms with Crippen LogP contribution in [0.1, 0.15) is 32.1 Å². The fourth-order valence-corrected chi connectivity index (χ4v) is 2.48. The number of hydrogen-bond donors (Lipinski definition) is 0. The molecule has 0 saturated heterocycles. The summed E-state index contributed by atoms with van der Waals surface area (Å²) in [7, 11) is 0. The summed E-state index contributed by atoms with van der Waals surface area (Å²) in [6.07, 6.45) is 5.10. The third-order valence-corrected chi connectivity index (χ3v) is 3.32. The van der Waals surface area contributed by atoms with Gasteiger partial charge in [0.2, 0.25) is 6.54 Å². The Kier molecular flexibility index (Phi) is 4.72. The highest BCUT2D eigenvalue weighted by Crippen LogP contribution is 2.33. The highest BCUT2D eigenvalue weighted by Gasteiger charge is 2.34. The van der Waals surface area contributed by atoms with Gasteiger partial charge in [-0.15, -0.1) is 0 Å². The van der Waals surface area contributed by atoms with Crippen LogP contribution >= 0.6 is 0 Å². The van der Waals surface area contributed by atoms with Crippen molar-refractivity contribution in [1.29, 1.82) is 10.5 Å². The molecule has 0 spiro atoms. The first-order valence-electron chi connectivity index (χ1n) is 5.60. The lowest BCUT2D eigenvalue weighted by molar-refractivity contribution is -0.491. The van der Waals surface area contributed by atoms with Crippen molar-refractivity contribution in [3.63, 3.8) is 0 Å². The standard InChI is InChI=1S/C11H15N3O2/c12-6-10(7-13)11(8-14(15)16)9-4-2-1-3-5-9/h9-11H,1-5,8H2/t11-/m0/s1. The second-order valence-corrected chi connectivity index (χ2v) is 4.31. The molecular formula is C11H15N3O2. The topological polar surface area (TPSA) is 90.7 Å². The second-order valence-electron chi connectivity index (χ2n) is 4.31. The Morgan fingerprint density at radius 3 is 2.25 bits per heavy atom. The molecule has 1 aliphatic carbocycles. The normalized spacial score (nSPS) is 18.7. The van der Waals surface area contributed by atoms with Crippen LogP contribution in [-0.2, 0) is 0 Å². The van der Waals surface area contributed by atoms with E-state index < -0.39 is 16.8 Å². The van der Waals surface area contributed by atoms with Crippen LogP contribution in [0.2, 0.25) is 0 Å². The Morgan fingerprint density at radius 1 is 1.25 bits per heavy atom. The minimum absolute atomic E-state index is 0.170. The van der Waals surface area contributed by atoms with Crippen LogP contribution in [-0.4, -0.2) is 11.5 Å². The van der Waals surface area contributed by atoms with Crippen molar-refractivity contribution in [3.8, 4) is 12.1 Å². The van der Waals surface area contributed by atoms with Gasteiger partial charge < -0.3 is 0 Å². The summed E-state index contributed by atoms with van der Waals surface area (Å²) in [6, 6.07) is 3.78. The molecule has 1 aliphatic rings. The minimum Gasteiger partial charge on any atom is -0.265 e. The van der Waals surface area contributed by atoms with Gasteiger partial charge in [0.05, 0.1) is 18.1 Å². The number of hydrogen-bond acceptors (Lipinski definition) is 4. The monoisotopic (exact) mass is 221 g/mol. The fourth-order valence-electron chi connectivity index (χ4n) is 2.48. The van der Waals surface area contributed by atoms with E-state index >= 15 is 0 Å². The molecule has 0 bridgehead atoms. The van der Waals surface area contributed by atoms with Crippen molar-refractivity contribution in [1.82, 2.24) is 0 Å². The Morgan fingerprint density at radius 2 is 1.81 bits per heavy atom. The first-order valence-corrected chi connectivity index (χ1v) is 5.60. The van der Waals surface area contributed by atoms with Crippen molar-refractivity contribution in [3.05, 3.63) is 10.1 Å². The highest BCUT2D eigenvalue weighted by molar-refractivity contribution is 5.04. The van der Waals surface area contributed by atoms with E-state index in [9.17, 15) is 10.1 Å². The van der Waals surface area contributed by atoms with E-state index in [0.29, 0.717) is 0 Å². The zero-order valence-electron chi connectivity index (χ0n) is 9.13. The Labute approximate surface area is 94.8 Å². The van der Waals surface area contributed by atoms with Crippen LogP contribution in [0.5, 0.6) is 0 Å². The van der Waals surface area contributed by atoms with Gasteiger partial charge in [-0.2, -0.15) is 10.5 Å². The van der Waals surface area contributed by atoms with Crippen LogP contribution in [0, 0.1) is 50.5 Å². The van der Waals surface area contributed by atoms with Gasteiger partial charge in [0.1, 0.15) is 5.92 Å². The molecule has 0 aliphatic heterocycles. The van der Waals surface area contributed by atoms with Crippen LogP contribution in [0.25, 0.3) is 0 Å². The maximum absolute atomic E-state index is 10.6. The van der Waals surface area contributed by atoms with E-state index in [4.69, 9.17) is 10.5 Å². The zero-order valence-corrected chi connectivity index (χ0v) is 9.13. The predicted octanol–water partition coefficient (Wildman–Crippen LogP) is 2.12. The van der Waals surface area contributed by atoms with E-state index in [1.807, 2.05) is 12.1 Å². The summed E-state index contributed by atoms with van der Waals surface area (Å²) in [5, 5.41) is 28.3. The van der Waals surface area contributed by atoms with Crippen molar-refractivity contribution in [2.24, 2.45) is 17.8 Å². The van der Waals surface area contributed by atoms with Gasteiger partial charge in [-0.3, -0.25) is 10.1 Å². The lowest BCUT2D eigenvalue weighted by atomic mass is 9.75. The molecule has 0 aromatic rings. The molecule has 0 aromatic carbocycles. The largest absolute Gasteiger partial charge is 0.265 e. The summed E-state index contributed by atoms with van der Waals surface area (Å²) in [6.45, 7) is -0.254. The quantitative estimate of drug-likeness (QED) is 0.537. The van der Waals surface area contributed by atoms with E-state index in [1.165, 1.54) is 0 Å². The highest BCUT2D eigenvalue weighted by atomic mass is 16.6. The van der Waals surface area contributed by atoms with Gasteiger partial charge >= 0.3 is 0 Å². The van der Waals surface area contributed by atoms with E-state index in [0.717, 1.165) is 32.1 Å². The van der Waals surface area contributed by atoms with Crippen molar-refractivity contribution in [2.45, 2.75) is 32.1 Å². The van der Waals surface area contributed by atoms with Crippen molar-refractivity contribution < 1.29 is 4.92 Å². The van der Waals surface area contributed by atoms with E-state index in [-0.39, 0.29) is 12.5 Å². The lowest BCUT2D eigenvalue weighted by Crippen LogP contribution is -2.30. The molecule has 86 valence electrons. The molecule has 16 heavy (non-hydrogen) atoms. The van der Waals surface area contributed by atoms with E-state index in [1.54, 1.807) is 0 Å². The minimum atomic E-state index is -0.839. The molecule has 0 radical (unpaired) electrons. The second kappa shape index (κ2) is 6.07. The maximum atomic E-state index is 10.6. The van der Waals surface area contributed by atoms with Crippen LogP contribution < -0.4 is 0 Å². The zero-order chi connectivity index (χ0) is 12.0. The number of nitriles is 2. The van der Waals surface area contributed by atoms with Crippen LogP contribution in [0.4, 0.5) is 0 Å². The molecular weight excluding hydrogens is 206 g/mol.